The van der Waals surface area contributed by atoms with Crippen molar-refractivity contribution >= 4 is 16.2 Å². The Morgan fingerprint density at radius 3 is 2.37 bits per heavy atom. The number of nitrogens with zero attached hydrogens (tertiary/aromatic N) is 1. The Morgan fingerprint density at radius 2 is 1.89 bits per heavy atom. The smallest absolute Gasteiger partial charge is 0.303 e. The molecule has 2 aliphatic rings. The zero-order chi connectivity index (χ0) is 14.0. The maximum atomic E-state index is 12.2. The Kier molecular flexibility index (Phi) is 4.47. The van der Waals surface area contributed by atoms with Crippen LogP contribution in [-0.4, -0.2) is 42.4 Å². The summed E-state index contributed by atoms with van der Waals surface area (Å²) in [5, 5.41) is 8.86. The topological polar surface area (TPSA) is 86.7 Å². The number of aliphatic carboxylic acids is 1. The van der Waals surface area contributed by atoms with Gasteiger partial charge >= 0.3 is 5.97 Å². The molecular weight excluding hydrogens is 268 g/mol. The van der Waals surface area contributed by atoms with Gasteiger partial charge in [-0.15, -0.1) is 0 Å². The van der Waals surface area contributed by atoms with Crippen LogP contribution in [-0.2, 0) is 15.0 Å². The van der Waals surface area contributed by atoms with E-state index in [4.69, 9.17) is 5.11 Å². The molecule has 2 fully saturated rings. The zero-order valence-electron chi connectivity index (χ0n) is 11.2. The third-order valence-electron chi connectivity index (χ3n) is 4.04. The van der Waals surface area contributed by atoms with Crippen LogP contribution in [0.1, 0.15) is 45.4 Å². The van der Waals surface area contributed by atoms with Gasteiger partial charge in [0, 0.05) is 25.0 Å². The third-order valence-corrected chi connectivity index (χ3v) is 5.76. The molecule has 2 atom stereocenters. The van der Waals surface area contributed by atoms with Gasteiger partial charge in [0.2, 0.25) is 0 Å². The lowest BCUT2D eigenvalue weighted by Crippen LogP contribution is -2.51. The monoisotopic (exact) mass is 290 g/mol. The lowest BCUT2D eigenvalue weighted by molar-refractivity contribution is -0.138. The minimum Gasteiger partial charge on any atom is -0.481 e. The van der Waals surface area contributed by atoms with Gasteiger partial charge in [-0.2, -0.15) is 12.7 Å². The normalized spacial score (nSPS) is 31.5. The van der Waals surface area contributed by atoms with Crippen molar-refractivity contribution in [2.75, 3.05) is 6.54 Å². The van der Waals surface area contributed by atoms with E-state index in [2.05, 4.69) is 4.72 Å². The molecule has 7 heteroatoms. The Morgan fingerprint density at radius 1 is 1.32 bits per heavy atom. The Bertz CT molecular complexity index is 423. The summed E-state index contributed by atoms with van der Waals surface area (Å²) in [6.07, 6.45) is 3.99. The second kappa shape index (κ2) is 5.76. The Labute approximate surface area is 114 Å². The molecule has 2 heterocycles. The summed E-state index contributed by atoms with van der Waals surface area (Å²) in [4.78, 5) is 10.8. The van der Waals surface area contributed by atoms with Gasteiger partial charge in [0.15, 0.2) is 0 Å². The molecule has 0 aromatic heterocycles. The third kappa shape index (κ3) is 3.27. The van der Waals surface area contributed by atoms with E-state index in [1.54, 1.807) is 4.31 Å². The predicted molar refractivity (Wildman–Crippen MR) is 70.8 cm³/mol. The molecule has 2 aliphatic heterocycles. The number of piperidine rings is 1. The van der Waals surface area contributed by atoms with Crippen LogP contribution in [0.3, 0.4) is 0 Å². The van der Waals surface area contributed by atoms with Gasteiger partial charge in [-0.05, 0) is 38.0 Å². The van der Waals surface area contributed by atoms with Crippen LogP contribution in [0.4, 0.5) is 0 Å². The first kappa shape index (κ1) is 14.7. The van der Waals surface area contributed by atoms with Gasteiger partial charge in [0.05, 0.1) is 0 Å². The molecule has 0 aliphatic carbocycles. The molecular formula is C12H22N2O4S. The van der Waals surface area contributed by atoms with E-state index in [-0.39, 0.29) is 24.4 Å². The average molecular weight is 290 g/mol. The van der Waals surface area contributed by atoms with Crippen molar-refractivity contribution in [3.63, 3.8) is 0 Å². The molecule has 2 N–H and O–H groups in total. The molecule has 0 saturated carbocycles. The van der Waals surface area contributed by atoms with Crippen molar-refractivity contribution in [3.05, 3.63) is 0 Å². The van der Waals surface area contributed by atoms with Crippen molar-refractivity contribution in [1.82, 2.24) is 9.03 Å². The number of carboxylic acid groups (broad SMARTS) is 1. The number of hydrogen-bond acceptors (Lipinski definition) is 3. The van der Waals surface area contributed by atoms with Gasteiger partial charge in [-0.3, -0.25) is 4.79 Å². The lowest BCUT2D eigenvalue weighted by atomic mass is 9.90. The van der Waals surface area contributed by atoms with Crippen LogP contribution in [0.5, 0.6) is 0 Å². The van der Waals surface area contributed by atoms with E-state index in [0.29, 0.717) is 19.4 Å². The highest BCUT2D eigenvalue weighted by molar-refractivity contribution is 7.87. The van der Waals surface area contributed by atoms with Gasteiger partial charge < -0.3 is 5.11 Å². The first-order chi connectivity index (χ1) is 8.94. The van der Waals surface area contributed by atoms with Crippen LogP contribution in [0.25, 0.3) is 0 Å². The van der Waals surface area contributed by atoms with Crippen molar-refractivity contribution in [2.24, 2.45) is 5.92 Å². The van der Waals surface area contributed by atoms with E-state index in [9.17, 15) is 13.2 Å². The number of carboxylic acids is 1. The minimum atomic E-state index is -3.40. The molecule has 2 saturated heterocycles. The number of nitrogens with one attached hydrogen (secondary N) is 1. The van der Waals surface area contributed by atoms with E-state index >= 15 is 0 Å². The standard InChI is InChI=1S/C12H22N2O4S/c1-2-5-13-19(17,18)14-10-3-4-11(14)7-9(6-10)8-12(15)16/h9-11,13H,2-8H2,1H3,(H,15,16). The number of rotatable bonds is 6. The molecule has 2 bridgehead atoms. The van der Waals surface area contributed by atoms with E-state index < -0.39 is 16.2 Å². The molecule has 0 spiro atoms. The number of hydrogen-bond donors (Lipinski definition) is 2. The second-order valence-electron chi connectivity index (χ2n) is 5.55. The Hall–Kier alpha value is -0.660. The van der Waals surface area contributed by atoms with Crippen molar-refractivity contribution in [1.29, 1.82) is 0 Å². The fourth-order valence-corrected chi connectivity index (χ4v) is 5.14. The summed E-state index contributed by atoms with van der Waals surface area (Å²) in [7, 11) is -3.40. The molecule has 2 rings (SSSR count). The molecule has 0 radical (unpaired) electrons. The minimum absolute atomic E-state index is 0.0162. The van der Waals surface area contributed by atoms with Gasteiger partial charge in [-0.1, -0.05) is 6.92 Å². The van der Waals surface area contributed by atoms with Crippen LogP contribution >= 0.6 is 0 Å². The summed E-state index contributed by atoms with van der Waals surface area (Å²) in [6.45, 7) is 2.38. The highest BCUT2D eigenvalue weighted by Gasteiger charge is 2.46. The van der Waals surface area contributed by atoms with Crippen molar-refractivity contribution < 1.29 is 18.3 Å². The fraction of sp³-hybridized carbons (Fsp3) is 0.917. The predicted octanol–water partition coefficient (Wildman–Crippen LogP) is 0.948. The van der Waals surface area contributed by atoms with Gasteiger partial charge in [-0.25, -0.2) is 4.72 Å². The van der Waals surface area contributed by atoms with Gasteiger partial charge in [0.1, 0.15) is 0 Å². The first-order valence-electron chi connectivity index (χ1n) is 6.94. The van der Waals surface area contributed by atoms with E-state index in [1.807, 2.05) is 6.92 Å². The highest BCUT2D eigenvalue weighted by atomic mass is 32.2. The molecule has 0 amide bonds. The molecule has 19 heavy (non-hydrogen) atoms. The zero-order valence-corrected chi connectivity index (χ0v) is 12.0. The maximum absolute atomic E-state index is 12.2. The molecule has 2 unspecified atom stereocenters. The summed E-state index contributed by atoms with van der Waals surface area (Å²) in [5.74, 6) is -0.669. The molecule has 0 aromatic carbocycles. The van der Waals surface area contributed by atoms with Crippen molar-refractivity contribution in [3.8, 4) is 0 Å². The fourth-order valence-electron chi connectivity index (χ4n) is 3.36. The summed E-state index contributed by atoms with van der Waals surface area (Å²) in [6, 6.07) is -0.0325. The summed E-state index contributed by atoms with van der Waals surface area (Å²) in [5.41, 5.74) is 0. The number of carbonyl (C=O) groups is 1. The second-order valence-corrected chi connectivity index (χ2v) is 7.21. The molecule has 6 nitrogen and oxygen atoms in total. The quantitative estimate of drug-likeness (QED) is 0.762. The summed E-state index contributed by atoms with van der Waals surface area (Å²) < 4.78 is 28.7. The molecule has 110 valence electrons. The van der Waals surface area contributed by atoms with Gasteiger partial charge in [0.25, 0.3) is 10.2 Å². The maximum Gasteiger partial charge on any atom is 0.303 e. The van der Waals surface area contributed by atoms with Crippen LogP contribution in [0.2, 0.25) is 0 Å². The van der Waals surface area contributed by atoms with Crippen LogP contribution in [0, 0.1) is 5.92 Å². The van der Waals surface area contributed by atoms with Crippen molar-refractivity contribution in [2.45, 2.75) is 57.5 Å². The van der Waals surface area contributed by atoms with Crippen LogP contribution < -0.4 is 4.72 Å². The SMILES string of the molecule is CCCNS(=O)(=O)N1C2CCC1CC(CC(=O)O)C2. The Balaban J connectivity index is 2.04. The summed E-state index contributed by atoms with van der Waals surface area (Å²) >= 11 is 0. The highest BCUT2D eigenvalue weighted by Crippen LogP contribution is 2.41. The van der Waals surface area contributed by atoms with Crippen LogP contribution in [0.15, 0.2) is 0 Å². The lowest BCUT2D eigenvalue weighted by Gasteiger charge is -2.37. The van der Waals surface area contributed by atoms with E-state index in [0.717, 1.165) is 19.3 Å². The van der Waals surface area contributed by atoms with E-state index in [1.165, 1.54) is 0 Å². The largest absolute Gasteiger partial charge is 0.481 e. The molecule has 0 aromatic rings. The average Bonchev–Trinajstić information content (AvgIpc) is 2.60. The number of fused-ring (bicyclic) bond motifs is 2. The first-order valence-corrected chi connectivity index (χ1v) is 8.38.